The number of aryl methyl sites for hydroxylation is 1. The van der Waals surface area contributed by atoms with Crippen LogP contribution >= 0.6 is 11.3 Å². The van der Waals surface area contributed by atoms with Gasteiger partial charge in [-0.25, -0.2) is 13.4 Å². The van der Waals surface area contributed by atoms with Crippen molar-refractivity contribution in [2.75, 3.05) is 33.3 Å². The summed E-state index contributed by atoms with van der Waals surface area (Å²) in [5, 5.41) is 0. The van der Waals surface area contributed by atoms with Gasteiger partial charge in [0.25, 0.3) is 10.0 Å². The molecule has 1 aliphatic rings. The van der Waals surface area contributed by atoms with Crippen molar-refractivity contribution in [1.82, 2.24) is 19.2 Å². The first-order valence-electron chi connectivity index (χ1n) is 8.77. The fraction of sp³-hybridized carbons (Fsp3) is 0.389. The summed E-state index contributed by atoms with van der Waals surface area (Å²) in [4.78, 5) is 11.2. The van der Waals surface area contributed by atoms with Gasteiger partial charge in [-0.15, -0.1) is 11.3 Å². The van der Waals surface area contributed by atoms with E-state index in [1.54, 1.807) is 17.5 Å². The Labute approximate surface area is 162 Å². The predicted molar refractivity (Wildman–Crippen MR) is 106 cm³/mol. The van der Waals surface area contributed by atoms with Crippen LogP contribution in [0.15, 0.2) is 34.5 Å². The van der Waals surface area contributed by atoms with Crippen molar-refractivity contribution in [2.45, 2.75) is 17.7 Å². The zero-order valence-electron chi connectivity index (χ0n) is 15.3. The van der Waals surface area contributed by atoms with E-state index in [9.17, 15) is 8.42 Å². The molecule has 0 bridgehead atoms. The lowest BCUT2D eigenvalue weighted by atomic mass is 10.3. The maximum atomic E-state index is 12.7. The second-order valence-corrected chi connectivity index (χ2v) is 10.1. The molecule has 0 radical (unpaired) electrons. The summed E-state index contributed by atoms with van der Waals surface area (Å²) in [6.07, 6.45) is 0. The van der Waals surface area contributed by atoms with E-state index in [0.717, 1.165) is 27.5 Å². The summed E-state index contributed by atoms with van der Waals surface area (Å²) in [6, 6.07) is 9.30. The number of fused-ring (bicyclic) bond motifs is 1. The molecule has 3 aromatic rings. The number of piperazine rings is 1. The number of ether oxygens (including phenoxy) is 1. The Bertz CT molecular complexity index is 1050. The first kappa shape index (κ1) is 18.4. The smallest absolute Gasteiger partial charge is 0.252 e. The second-order valence-electron chi connectivity index (χ2n) is 6.61. The average molecular weight is 407 g/mol. The normalized spacial score (nSPS) is 16.8. The lowest BCUT2D eigenvalue weighted by Crippen LogP contribution is -2.48. The molecule has 1 saturated heterocycles. The van der Waals surface area contributed by atoms with E-state index in [4.69, 9.17) is 4.74 Å². The monoisotopic (exact) mass is 406 g/mol. The Morgan fingerprint density at radius 2 is 1.96 bits per heavy atom. The Morgan fingerprint density at radius 3 is 2.63 bits per heavy atom. The standard InChI is InChI=1S/C18H22N4O3S2/c1-13-3-6-18(26-13)27(23,24)22-9-7-21(8-10-22)12-17-19-15-5-4-14(25-2)11-16(15)20-17/h3-6,11H,7-10,12H2,1-2H3,(H,19,20). The highest BCUT2D eigenvalue weighted by atomic mass is 32.2. The van der Waals surface area contributed by atoms with Crippen LogP contribution in [0.5, 0.6) is 5.75 Å². The van der Waals surface area contributed by atoms with Gasteiger partial charge in [-0.2, -0.15) is 4.31 Å². The lowest BCUT2D eigenvalue weighted by molar-refractivity contribution is 0.179. The van der Waals surface area contributed by atoms with Gasteiger partial charge in [-0.3, -0.25) is 4.90 Å². The van der Waals surface area contributed by atoms with Gasteiger partial charge in [0.15, 0.2) is 0 Å². The van der Waals surface area contributed by atoms with Crippen molar-refractivity contribution in [3.63, 3.8) is 0 Å². The molecule has 0 amide bonds. The van der Waals surface area contributed by atoms with Gasteiger partial charge in [-0.05, 0) is 31.2 Å². The predicted octanol–water partition coefficient (Wildman–Crippen LogP) is 2.45. The highest BCUT2D eigenvalue weighted by molar-refractivity contribution is 7.91. The molecule has 7 nitrogen and oxygen atoms in total. The highest BCUT2D eigenvalue weighted by Crippen LogP contribution is 2.25. The fourth-order valence-electron chi connectivity index (χ4n) is 3.26. The Morgan fingerprint density at radius 1 is 1.19 bits per heavy atom. The largest absolute Gasteiger partial charge is 0.497 e. The average Bonchev–Trinajstić information content (AvgIpc) is 3.27. The Kier molecular flexibility index (Phi) is 4.94. The highest BCUT2D eigenvalue weighted by Gasteiger charge is 2.29. The second kappa shape index (κ2) is 7.23. The van der Waals surface area contributed by atoms with Gasteiger partial charge >= 0.3 is 0 Å². The Hall–Kier alpha value is -1.94. The summed E-state index contributed by atoms with van der Waals surface area (Å²) in [5.74, 6) is 1.67. The van der Waals surface area contributed by atoms with Crippen LogP contribution in [-0.2, 0) is 16.6 Å². The van der Waals surface area contributed by atoms with Crippen molar-refractivity contribution < 1.29 is 13.2 Å². The van der Waals surface area contributed by atoms with Gasteiger partial charge in [0.05, 0.1) is 24.7 Å². The zero-order chi connectivity index (χ0) is 19.0. The van der Waals surface area contributed by atoms with Crippen molar-refractivity contribution in [1.29, 1.82) is 0 Å². The first-order chi connectivity index (χ1) is 13.0. The lowest BCUT2D eigenvalue weighted by Gasteiger charge is -2.33. The number of hydrogen-bond acceptors (Lipinski definition) is 6. The minimum atomic E-state index is -3.38. The molecule has 2 aromatic heterocycles. The minimum Gasteiger partial charge on any atom is -0.497 e. The number of imidazole rings is 1. The van der Waals surface area contributed by atoms with Crippen LogP contribution in [0.3, 0.4) is 0 Å². The maximum Gasteiger partial charge on any atom is 0.252 e. The zero-order valence-corrected chi connectivity index (χ0v) is 16.9. The third-order valence-electron chi connectivity index (χ3n) is 4.75. The number of H-pyrrole nitrogens is 1. The number of aromatic nitrogens is 2. The molecule has 9 heteroatoms. The third kappa shape index (κ3) is 3.73. The summed E-state index contributed by atoms with van der Waals surface area (Å²) in [5.41, 5.74) is 1.85. The molecule has 1 aliphatic heterocycles. The first-order valence-corrected chi connectivity index (χ1v) is 11.0. The summed E-state index contributed by atoms with van der Waals surface area (Å²) in [7, 11) is -1.74. The number of aromatic amines is 1. The van der Waals surface area contributed by atoms with Crippen LogP contribution in [0.25, 0.3) is 11.0 Å². The van der Waals surface area contributed by atoms with E-state index in [0.29, 0.717) is 36.9 Å². The SMILES string of the molecule is COc1ccc2nc(CN3CCN(S(=O)(=O)c4ccc(C)s4)CC3)[nH]c2c1. The molecule has 0 aliphatic carbocycles. The van der Waals surface area contributed by atoms with E-state index >= 15 is 0 Å². The van der Waals surface area contributed by atoms with Crippen molar-refractivity contribution in [3.05, 3.63) is 41.0 Å². The summed E-state index contributed by atoms with van der Waals surface area (Å²) < 4.78 is 32.7. The number of thiophene rings is 1. The molecule has 0 unspecified atom stereocenters. The van der Waals surface area contributed by atoms with Crippen LogP contribution in [0, 0.1) is 6.92 Å². The van der Waals surface area contributed by atoms with E-state index in [1.807, 2.05) is 31.2 Å². The molecule has 1 aromatic carbocycles. The van der Waals surface area contributed by atoms with E-state index < -0.39 is 10.0 Å². The molecule has 1 fully saturated rings. The number of nitrogens with one attached hydrogen (secondary N) is 1. The molecular formula is C18H22N4O3S2. The van der Waals surface area contributed by atoms with Gasteiger partial charge in [-0.1, -0.05) is 0 Å². The van der Waals surface area contributed by atoms with Crippen LogP contribution in [-0.4, -0.2) is 60.9 Å². The van der Waals surface area contributed by atoms with Gasteiger partial charge < -0.3 is 9.72 Å². The van der Waals surface area contributed by atoms with Crippen molar-refractivity contribution >= 4 is 32.4 Å². The number of benzene rings is 1. The van der Waals surface area contributed by atoms with Crippen LogP contribution in [0.2, 0.25) is 0 Å². The molecule has 0 spiro atoms. The molecular weight excluding hydrogens is 384 g/mol. The number of nitrogens with zero attached hydrogens (tertiary/aromatic N) is 3. The van der Waals surface area contributed by atoms with E-state index in [-0.39, 0.29) is 0 Å². The summed E-state index contributed by atoms with van der Waals surface area (Å²) in [6.45, 7) is 4.95. The number of sulfonamides is 1. The number of methoxy groups -OCH3 is 1. The van der Waals surface area contributed by atoms with Crippen LogP contribution < -0.4 is 4.74 Å². The topological polar surface area (TPSA) is 78.5 Å². The minimum absolute atomic E-state index is 0.430. The molecule has 0 saturated carbocycles. The molecule has 4 rings (SSSR count). The third-order valence-corrected chi connectivity index (χ3v) is 8.12. The fourth-order valence-corrected chi connectivity index (χ4v) is 6.12. The van der Waals surface area contributed by atoms with Crippen molar-refractivity contribution in [3.8, 4) is 5.75 Å². The summed E-state index contributed by atoms with van der Waals surface area (Å²) >= 11 is 1.33. The van der Waals surface area contributed by atoms with Gasteiger partial charge in [0.2, 0.25) is 0 Å². The van der Waals surface area contributed by atoms with E-state index in [2.05, 4.69) is 14.9 Å². The molecule has 1 N–H and O–H groups in total. The Balaban J connectivity index is 1.41. The van der Waals surface area contributed by atoms with Crippen molar-refractivity contribution in [2.24, 2.45) is 0 Å². The number of rotatable bonds is 5. The molecule has 3 heterocycles. The van der Waals surface area contributed by atoms with Gasteiger partial charge in [0.1, 0.15) is 15.8 Å². The van der Waals surface area contributed by atoms with E-state index in [1.165, 1.54) is 11.3 Å². The quantitative estimate of drug-likeness (QED) is 0.704. The molecule has 0 atom stereocenters. The van der Waals surface area contributed by atoms with Crippen LogP contribution in [0.1, 0.15) is 10.7 Å². The van der Waals surface area contributed by atoms with Gasteiger partial charge in [0, 0.05) is 37.1 Å². The molecule has 27 heavy (non-hydrogen) atoms. The number of hydrogen-bond donors (Lipinski definition) is 1. The van der Waals surface area contributed by atoms with Crippen LogP contribution in [0.4, 0.5) is 0 Å². The maximum absolute atomic E-state index is 12.7. The molecule has 144 valence electrons.